The summed E-state index contributed by atoms with van der Waals surface area (Å²) in [6.45, 7) is 3.72. The van der Waals surface area contributed by atoms with Crippen molar-refractivity contribution in [2.75, 3.05) is 4.72 Å². The van der Waals surface area contributed by atoms with Crippen LogP contribution in [0, 0.1) is 25.2 Å². The lowest BCUT2D eigenvalue weighted by atomic mass is 10.1. The van der Waals surface area contributed by atoms with E-state index in [1.54, 1.807) is 49.4 Å². The number of nitrogens with one attached hydrogen (secondary N) is 1. The molecule has 6 heteroatoms. The highest BCUT2D eigenvalue weighted by atomic mass is 35.5. The predicted octanol–water partition coefficient (Wildman–Crippen LogP) is 4.26. The Balaban J connectivity index is 2.41. The summed E-state index contributed by atoms with van der Waals surface area (Å²) >= 11 is 6.01. The molecule has 0 aliphatic heterocycles. The first-order valence-corrected chi connectivity index (χ1v) is 8.66. The third kappa shape index (κ3) is 4.13. The van der Waals surface area contributed by atoms with Gasteiger partial charge in [-0.05, 0) is 43.2 Å². The largest absolute Gasteiger partial charge is 0.279 e. The number of rotatable bonds is 4. The Morgan fingerprint density at radius 3 is 2.52 bits per heavy atom. The second-order valence-corrected chi connectivity index (χ2v) is 7.12. The predicted molar refractivity (Wildman–Crippen MR) is 93.5 cm³/mol. The second kappa shape index (κ2) is 6.86. The van der Waals surface area contributed by atoms with Crippen LogP contribution in [0.25, 0.3) is 6.08 Å². The van der Waals surface area contributed by atoms with Crippen molar-refractivity contribution in [3.05, 3.63) is 69.1 Å². The Labute approximate surface area is 141 Å². The molecule has 0 spiro atoms. The first-order valence-electron chi connectivity index (χ1n) is 6.80. The summed E-state index contributed by atoms with van der Waals surface area (Å²) in [5.74, 6) is 0. The molecule has 0 saturated heterocycles. The van der Waals surface area contributed by atoms with Gasteiger partial charge in [0.25, 0.3) is 10.0 Å². The van der Waals surface area contributed by atoms with E-state index in [0.717, 1.165) is 11.1 Å². The molecule has 0 saturated carbocycles. The normalized spacial score (nSPS) is 11.8. The van der Waals surface area contributed by atoms with Crippen molar-refractivity contribution in [2.45, 2.75) is 13.8 Å². The van der Waals surface area contributed by atoms with Crippen LogP contribution in [0.4, 0.5) is 5.69 Å². The van der Waals surface area contributed by atoms with E-state index >= 15 is 0 Å². The lowest BCUT2D eigenvalue weighted by Crippen LogP contribution is -2.15. The number of allylic oxidation sites excluding steroid dienone is 1. The van der Waals surface area contributed by atoms with E-state index < -0.39 is 14.9 Å². The number of hydrogen-bond donors (Lipinski definition) is 1. The van der Waals surface area contributed by atoms with E-state index in [2.05, 4.69) is 4.72 Å². The van der Waals surface area contributed by atoms with Crippen molar-refractivity contribution in [3.63, 3.8) is 0 Å². The zero-order valence-corrected chi connectivity index (χ0v) is 14.2. The molecule has 0 amide bonds. The summed E-state index contributed by atoms with van der Waals surface area (Å²) in [4.78, 5) is -0.398. The maximum atomic E-state index is 12.4. The Hall–Kier alpha value is -2.29. The Kier molecular flexibility index (Phi) is 5.09. The molecule has 2 aromatic carbocycles. The van der Waals surface area contributed by atoms with Crippen molar-refractivity contribution in [1.29, 1.82) is 5.26 Å². The smallest absolute Gasteiger partial charge is 0.272 e. The van der Waals surface area contributed by atoms with Gasteiger partial charge in [-0.1, -0.05) is 47.5 Å². The van der Waals surface area contributed by atoms with Gasteiger partial charge in [0.05, 0.1) is 5.69 Å². The van der Waals surface area contributed by atoms with E-state index in [-0.39, 0.29) is 0 Å². The van der Waals surface area contributed by atoms with E-state index in [1.165, 1.54) is 6.08 Å². The number of nitrogens with zero attached hydrogens (tertiary/aromatic N) is 1. The van der Waals surface area contributed by atoms with Crippen LogP contribution in [0.15, 0.2) is 47.4 Å². The van der Waals surface area contributed by atoms with Gasteiger partial charge in [-0.25, -0.2) is 8.42 Å². The molecule has 2 rings (SSSR count). The summed E-state index contributed by atoms with van der Waals surface area (Å²) in [6.07, 6.45) is 1.26. The van der Waals surface area contributed by atoms with Gasteiger partial charge in [0, 0.05) is 5.02 Å². The first kappa shape index (κ1) is 17.1. The van der Waals surface area contributed by atoms with Gasteiger partial charge in [-0.15, -0.1) is 0 Å². The van der Waals surface area contributed by atoms with E-state index in [1.807, 2.05) is 13.0 Å². The molecular weight excluding hydrogens is 332 g/mol. The van der Waals surface area contributed by atoms with Crippen molar-refractivity contribution in [1.82, 2.24) is 0 Å². The molecule has 23 heavy (non-hydrogen) atoms. The van der Waals surface area contributed by atoms with Gasteiger partial charge in [-0.2, -0.15) is 5.26 Å². The molecule has 4 nitrogen and oxygen atoms in total. The highest BCUT2D eigenvalue weighted by molar-refractivity contribution is 7.97. The molecule has 2 aromatic rings. The first-order chi connectivity index (χ1) is 10.8. The van der Waals surface area contributed by atoms with Crippen molar-refractivity contribution in [2.24, 2.45) is 0 Å². The maximum absolute atomic E-state index is 12.4. The zero-order chi connectivity index (χ0) is 17.0. The number of sulfonamides is 1. The van der Waals surface area contributed by atoms with Gasteiger partial charge in [-0.3, -0.25) is 4.72 Å². The summed E-state index contributed by atoms with van der Waals surface area (Å²) in [7, 11) is -3.98. The average Bonchev–Trinajstić information content (AvgIpc) is 2.49. The molecule has 0 radical (unpaired) electrons. The molecule has 0 unspecified atom stereocenters. The summed E-state index contributed by atoms with van der Waals surface area (Å²) in [6, 6.07) is 13.8. The maximum Gasteiger partial charge on any atom is 0.272 e. The minimum absolute atomic E-state index is 0.377. The van der Waals surface area contributed by atoms with Gasteiger partial charge >= 0.3 is 0 Å². The third-order valence-corrected chi connectivity index (χ3v) is 4.84. The van der Waals surface area contributed by atoms with Crippen molar-refractivity contribution < 1.29 is 8.42 Å². The number of anilines is 1. The second-order valence-electron chi connectivity index (χ2n) is 5.07. The molecule has 0 bridgehead atoms. The van der Waals surface area contributed by atoms with E-state index in [4.69, 9.17) is 11.6 Å². The quantitative estimate of drug-likeness (QED) is 0.841. The Bertz CT molecular complexity index is 912. The van der Waals surface area contributed by atoms with E-state index in [9.17, 15) is 13.7 Å². The van der Waals surface area contributed by atoms with Crippen LogP contribution >= 0.6 is 11.6 Å². The lowest BCUT2D eigenvalue weighted by molar-refractivity contribution is 0.608. The Morgan fingerprint density at radius 1 is 1.22 bits per heavy atom. The summed E-state index contributed by atoms with van der Waals surface area (Å²) < 4.78 is 27.3. The molecule has 0 aromatic heterocycles. The van der Waals surface area contributed by atoms with Crippen molar-refractivity contribution in [3.8, 4) is 6.07 Å². The molecule has 0 atom stereocenters. The SMILES string of the molecule is Cc1ccc(NS(=O)(=O)/C(C#N)=C\c2ccccc2Cl)c(C)c1. The fraction of sp³-hybridized carbons (Fsp3) is 0.118. The standard InChI is InChI=1S/C17H15ClN2O2S/c1-12-7-8-17(13(2)9-12)20-23(21,22)15(11-19)10-14-5-3-4-6-16(14)18/h3-10,20H,1-2H3/b15-10-. The average molecular weight is 347 g/mol. The molecule has 0 aliphatic rings. The van der Waals surface area contributed by atoms with Gasteiger partial charge in [0.15, 0.2) is 4.91 Å². The number of benzene rings is 2. The molecule has 0 heterocycles. The number of halogens is 1. The molecule has 0 aliphatic carbocycles. The van der Waals surface area contributed by atoms with Crippen LogP contribution in [0.3, 0.4) is 0 Å². The summed E-state index contributed by atoms with van der Waals surface area (Å²) in [5, 5.41) is 9.60. The fourth-order valence-corrected chi connectivity index (χ4v) is 3.25. The molecule has 118 valence electrons. The van der Waals surface area contributed by atoms with E-state index in [0.29, 0.717) is 16.3 Å². The van der Waals surface area contributed by atoms with Gasteiger partial charge < -0.3 is 0 Å². The molecule has 1 N–H and O–H groups in total. The Morgan fingerprint density at radius 2 is 1.91 bits per heavy atom. The highest BCUT2D eigenvalue weighted by Gasteiger charge is 2.19. The van der Waals surface area contributed by atoms with Crippen LogP contribution < -0.4 is 4.72 Å². The lowest BCUT2D eigenvalue weighted by Gasteiger charge is -2.10. The number of hydrogen-bond acceptors (Lipinski definition) is 3. The minimum Gasteiger partial charge on any atom is -0.279 e. The minimum atomic E-state index is -3.98. The van der Waals surface area contributed by atoms with Crippen LogP contribution in [0.2, 0.25) is 5.02 Å². The monoisotopic (exact) mass is 346 g/mol. The van der Waals surface area contributed by atoms with Crippen LogP contribution in [0.1, 0.15) is 16.7 Å². The van der Waals surface area contributed by atoms with Crippen LogP contribution in [-0.2, 0) is 10.0 Å². The number of aryl methyl sites for hydroxylation is 2. The highest BCUT2D eigenvalue weighted by Crippen LogP contribution is 2.23. The third-order valence-electron chi connectivity index (χ3n) is 3.22. The van der Waals surface area contributed by atoms with Gasteiger partial charge in [0.2, 0.25) is 0 Å². The summed E-state index contributed by atoms with van der Waals surface area (Å²) in [5.41, 5.74) is 2.72. The van der Waals surface area contributed by atoms with Crippen LogP contribution in [-0.4, -0.2) is 8.42 Å². The number of nitriles is 1. The van der Waals surface area contributed by atoms with Crippen LogP contribution in [0.5, 0.6) is 0 Å². The van der Waals surface area contributed by atoms with Gasteiger partial charge in [0.1, 0.15) is 6.07 Å². The topological polar surface area (TPSA) is 70.0 Å². The fourth-order valence-electron chi connectivity index (χ4n) is 2.03. The molecular formula is C17H15ClN2O2S. The molecule has 0 fully saturated rings. The van der Waals surface area contributed by atoms with Crippen molar-refractivity contribution >= 4 is 33.4 Å². The zero-order valence-electron chi connectivity index (χ0n) is 12.7.